The molecule has 1 unspecified atom stereocenters. The molecule has 0 radical (unpaired) electrons. The van der Waals surface area contributed by atoms with E-state index in [4.69, 9.17) is 0 Å². The lowest BCUT2D eigenvalue weighted by atomic mass is 9.81. The van der Waals surface area contributed by atoms with Crippen LogP contribution in [0.1, 0.15) is 60.0 Å². The van der Waals surface area contributed by atoms with Gasteiger partial charge in [0, 0.05) is 42.3 Å². The molecule has 2 heterocycles. The summed E-state index contributed by atoms with van der Waals surface area (Å²) in [6.45, 7) is 4.15. The molecule has 2 aliphatic heterocycles. The molecule has 3 aliphatic rings. The molecule has 158 valence electrons. The first kappa shape index (κ1) is 19.6. The predicted molar refractivity (Wildman–Crippen MR) is 122 cm³/mol. The number of nitrogens with zero attached hydrogens (tertiary/aromatic N) is 2. The average molecular weight is 404 g/mol. The summed E-state index contributed by atoms with van der Waals surface area (Å²) in [5.74, 6) is 0.104. The van der Waals surface area contributed by atoms with E-state index in [2.05, 4.69) is 64.6 Å². The van der Waals surface area contributed by atoms with Crippen molar-refractivity contribution in [1.82, 2.24) is 10.2 Å². The Labute approximate surface area is 180 Å². The van der Waals surface area contributed by atoms with Gasteiger partial charge in [0.25, 0.3) is 5.91 Å². The number of nitrogens with one attached hydrogen (secondary N) is 1. The maximum atomic E-state index is 13.0. The number of amides is 1. The third kappa shape index (κ3) is 3.74. The van der Waals surface area contributed by atoms with Gasteiger partial charge >= 0.3 is 0 Å². The molecule has 2 aromatic rings. The smallest absolute Gasteiger partial charge is 0.251 e. The molecule has 1 atom stereocenters. The van der Waals surface area contributed by atoms with Crippen molar-refractivity contribution in [2.24, 2.45) is 0 Å². The van der Waals surface area contributed by atoms with Crippen molar-refractivity contribution < 1.29 is 4.79 Å². The summed E-state index contributed by atoms with van der Waals surface area (Å²) >= 11 is 0. The fraction of sp³-hybridized carbons (Fsp3) is 0.500. The molecule has 0 aromatic heterocycles. The molecule has 1 amide bonds. The van der Waals surface area contributed by atoms with Gasteiger partial charge in [0.1, 0.15) is 0 Å². The van der Waals surface area contributed by atoms with Crippen LogP contribution in [-0.4, -0.2) is 43.5 Å². The maximum Gasteiger partial charge on any atom is 0.251 e. The van der Waals surface area contributed by atoms with Crippen LogP contribution in [0.2, 0.25) is 0 Å². The number of hydrogen-bond acceptors (Lipinski definition) is 3. The summed E-state index contributed by atoms with van der Waals surface area (Å²) in [6, 6.07) is 17.5. The molecule has 4 nitrogen and oxygen atoms in total. The van der Waals surface area contributed by atoms with Crippen LogP contribution in [-0.2, 0) is 12.0 Å². The quantitative estimate of drug-likeness (QED) is 0.825. The lowest BCUT2D eigenvalue weighted by molar-refractivity contribution is 0.0927. The number of likely N-dealkylation sites (tertiary alicyclic amines) is 1. The van der Waals surface area contributed by atoms with Gasteiger partial charge in [-0.2, -0.15) is 0 Å². The van der Waals surface area contributed by atoms with Gasteiger partial charge in [-0.1, -0.05) is 49.6 Å². The van der Waals surface area contributed by atoms with Gasteiger partial charge < -0.3 is 15.1 Å². The van der Waals surface area contributed by atoms with Crippen LogP contribution < -0.4 is 10.2 Å². The Morgan fingerprint density at radius 1 is 1.07 bits per heavy atom. The molecule has 5 rings (SSSR count). The van der Waals surface area contributed by atoms with E-state index in [1.54, 1.807) is 0 Å². The Balaban J connectivity index is 1.43. The van der Waals surface area contributed by atoms with E-state index in [9.17, 15) is 4.79 Å². The molecule has 2 fully saturated rings. The van der Waals surface area contributed by atoms with Gasteiger partial charge in [-0.25, -0.2) is 0 Å². The highest BCUT2D eigenvalue weighted by atomic mass is 16.1. The van der Waals surface area contributed by atoms with Crippen molar-refractivity contribution in [3.8, 4) is 0 Å². The minimum Gasteiger partial charge on any atom is -0.366 e. The minimum absolute atomic E-state index is 0.104. The highest BCUT2D eigenvalue weighted by molar-refractivity contribution is 5.95. The first-order chi connectivity index (χ1) is 14.6. The Kier molecular flexibility index (Phi) is 5.28. The number of carbonyl (C=O) groups excluding carboxylic acids is 1. The van der Waals surface area contributed by atoms with Gasteiger partial charge in [-0.05, 0) is 62.2 Å². The zero-order valence-corrected chi connectivity index (χ0v) is 18.1. The summed E-state index contributed by atoms with van der Waals surface area (Å²) in [6.07, 6.45) is 7.18. The summed E-state index contributed by atoms with van der Waals surface area (Å²) in [7, 11) is 2.22. The zero-order valence-electron chi connectivity index (χ0n) is 18.1. The number of carbonyl (C=O) groups is 1. The van der Waals surface area contributed by atoms with Crippen LogP contribution >= 0.6 is 0 Å². The number of likely N-dealkylation sites (N-methyl/N-ethyl adjacent to an activating group) is 1. The standard InChI is InChI=1S/C26H33N3O/c1-28-15-14-26(18-28)19-29(17-20-8-4-2-5-9-20)24-13-12-21(16-23(24)26)25(30)27-22-10-6-3-7-11-22/h2,4-5,8-9,12-13,16,22H,3,6-7,10-11,14-15,17-19H2,1H3,(H,27,30). The second-order valence-electron chi connectivity index (χ2n) is 9.65. The van der Waals surface area contributed by atoms with Crippen LogP contribution in [0, 0.1) is 0 Å². The van der Waals surface area contributed by atoms with Gasteiger partial charge in [0.2, 0.25) is 0 Å². The Morgan fingerprint density at radius 2 is 1.87 bits per heavy atom. The van der Waals surface area contributed by atoms with E-state index in [1.165, 1.54) is 36.1 Å². The van der Waals surface area contributed by atoms with Crippen LogP contribution in [0.4, 0.5) is 5.69 Å². The molecule has 1 spiro atoms. The van der Waals surface area contributed by atoms with Crippen molar-refractivity contribution in [2.75, 3.05) is 31.6 Å². The second kappa shape index (κ2) is 8.07. The number of anilines is 1. The third-order valence-electron chi connectivity index (χ3n) is 7.37. The van der Waals surface area contributed by atoms with Gasteiger partial charge in [0.05, 0.1) is 0 Å². The maximum absolute atomic E-state index is 13.0. The fourth-order valence-corrected chi connectivity index (χ4v) is 5.80. The Hall–Kier alpha value is -2.33. The molecule has 4 heteroatoms. The normalized spacial score (nSPS) is 24.4. The van der Waals surface area contributed by atoms with E-state index in [1.807, 2.05) is 6.07 Å². The van der Waals surface area contributed by atoms with E-state index in [0.717, 1.165) is 51.0 Å². The fourth-order valence-electron chi connectivity index (χ4n) is 5.80. The summed E-state index contributed by atoms with van der Waals surface area (Å²) in [5.41, 5.74) is 4.99. The van der Waals surface area contributed by atoms with E-state index in [-0.39, 0.29) is 11.3 Å². The van der Waals surface area contributed by atoms with Crippen LogP contribution in [0.25, 0.3) is 0 Å². The highest BCUT2D eigenvalue weighted by Crippen LogP contribution is 2.47. The molecule has 1 N–H and O–H groups in total. The van der Waals surface area contributed by atoms with Gasteiger partial charge in [-0.3, -0.25) is 4.79 Å². The third-order valence-corrected chi connectivity index (χ3v) is 7.37. The van der Waals surface area contributed by atoms with Crippen molar-refractivity contribution in [1.29, 1.82) is 0 Å². The summed E-state index contributed by atoms with van der Waals surface area (Å²) in [5, 5.41) is 3.30. The minimum atomic E-state index is 0.104. The second-order valence-corrected chi connectivity index (χ2v) is 9.65. The zero-order chi connectivity index (χ0) is 20.6. The van der Waals surface area contributed by atoms with Crippen molar-refractivity contribution in [3.63, 3.8) is 0 Å². The number of benzene rings is 2. The monoisotopic (exact) mass is 403 g/mol. The molecule has 30 heavy (non-hydrogen) atoms. The average Bonchev–Trinajstić information content (AvgIpc) is 3.29. The SMILES string of the molecule is CN1CCC2(C1)CN(Cc1ccccc1)c1ccc(C(=O)NC3CCCCC3)cc12. The first-order valence-electron chi connectivity index (χ1n) is 11.6. The van der Waals surface area contributed by atoms with Crippen LogP contribution in [0.3, 0.4) is 0 Å². The topological polar surface area (TPSA) is 35.6 Å². The molecule has 0 bridgehead atoms. The summed E-state index contributed by atoms with van der Waals surface area (Å²) in [4.78, 5) is 18.0. The first-order valence-corrected chi connectivity index (χ1v) is 11.6. The van der Waals surface area contributed by atoms with Crippen molar-refractivity contribution >= 4 is 11.6 Å². The molecule has 1 saturated heterocycles. The van der Waals surface area contributed by atoms with Crippen molar-refractivity contribution in [3.05, 3.63) is 65.2 Å². The van der Waals surface area contributed by atoms with E-state index < -0.39 is 0 Å². The van der Waals surface area contributed by atoms with Crippen molar-refractivity contribution in [2.45, 2.75) is 56.5 Å². The van der Waals surface area contributed by atoms with E-state index in [0.29, 0.717) is 6.04 Å². The summed E-state index contributed by atoms with van der Waals surface area (Å²) < 4.78 is 0. The lowest BCUT2D eigenvalue weighted by Crippen LogP contribution is -2.37. The molecule has 1 aliphatic carbocycles. The van der Waals surface area contributed by atoms with Crippen LogP contribution in [0.15, 0.2) is 48.5 Å². The number of fused-ring (bicyclic) bond motifs is 2. The Bertz CT molecular complexity index is 906. The highest BCUT2D eigenvalue weighted by Gasteiger charge is 2.46. The molecular weight excluding hydrogens is 370 g/mol. The lowest BCUT2D eigenvalue weighted by Gasteiger charge is -2.26. The number of hydrogen-bond donors (Lipinski definition) is 1. The largest absolute Gasteiger partial charge is 0.366 e. The molecule has 1 saturated carbocycles. The van der Waals surface area contributed by atoms with Crippen LogP contribution in [0.5, 0.6) is 0 Å². The van der Waals surface area contributed by atoms with Gasteiger partial charge in [-0.15, -0.1) is 0 Å². The Morgan fingerprint density at radius 3 is 2.60 bits per heavy atom. The predicted octanol–water partition coefficient (Wildman–Crippen LogP) is 4.34. The molecule has 2 aromatic carbocycles. The molecular formula is C26H33N3O. The number of rotatable bonds is 4. The van der Waals surface area contributed by atoms with E-state index >= 15 is 0 Å². The van der Waals surface area contributed by atoms with Gasteiger partial charge in [0.15, 0.2) is 0 Å².